The van der Waals surface area contributed by atoms with Crippen LogP contribution >= 0.6 is 0 Å². The monoisotopic (exact) mass is 348 g/mol. The maximum atomic E-state index is 12.6. The van der Waals surface area contributed by atoms with Crippen LogP contribution < -0.4 is 0 Å². The normalized spacial score (nSPS) is 10.9. The van der Waals surface area contributed by atoms with Crippen LogP contribution in [0.15, 0.2) is 12.1 Å². The Morgan fingerprint density at radius 1 is 0.920 bits per heavy atom. The van der Waals surface area contributed by atoms with Crippen LogP contribution in [0.2, 0.25) is 0 Å². The van der Waals surface area contributed by atoms with Gasteiger partial charge >= 0.3 is 5.97 Å². The Kier molecular flexibility index (Phi) is 11.2. The van der Waals surface area contributed by atoms with Crippen molar-refractivity contribution in [3.63, 3.8) is 0 Å². The number of benzene rings is 1. The van der Waals surface area contributed by atoms with Crippen LogP contribution in [0, 0.1) is 0 Å². The molecule has 0 N–H and O–H groups in total. The molecule has 0 aliphatic heterocycles. The standard InChI is InChI=1S/C22H36O3/c1-5-8-9-10-11-12-14-25-22(23)21-17-18(6-2)16-19(7-3)20(21)13-15-24-4/h16-17H,5-15H2,1-4H3. The molecule has 0 bridgehead atoms. The molecule has 1 aromatic rings. The first kappa shape index (κ1) is 21.7. The zero-order chi connectivity index (χ0) is 18.5. The highest BCUT2D eigenvalue weighted by molar-refractivity contribution is 5.91. The SMILES string of the molecule is CCCCCCCCOC(=O)c1cc(CC)cc(CC)c1CCOC. The smallest absolute Gasteiger partial charge is 0.338 e. The number of unbranched alkanes of at least 4 members (excludes halogenated alkanes) is 5. The largest absolute Gasteiger partial charge is 0.462 e. The molecule has 0 atom stereocenters. The molecule has 25 heavy (non-hydrogen) atoms. The second-order valence-electron chi connectivity index (χ2n) is 6.63. The number of hydrogen-bond acceptors (Lipinski definition) is 3. The van der Waals surface area contributed by atoms with Crippen LogP contribution in [0.25, 0.3) is 0 Å². The van der Waals surface area contributed by atoms with Crippen molar-refractivity contribution in [3.05, 3.63) is 34.4 Å². The summed E-state index contributed by atoms with van der Waals surface area (Å²) in [5.74, 6) is -0.176. The molecule has 142 valence electrons. The molecule has 0 aliphatic carbocycles. The predicted octanol–water partition coefficient (Wildman–Crippen LogP) is 5.52. The Morgan fingerprint density at radius 3 is 2.28 bits per heavy atom. The van der Waals surface area contributed by atoms with Crippen LogP contribution in [0.4, 0.5) is 0 Å². The Bertz CT molecular complexity index is 508. The number of rotatable bonds is 13. The van der Waals surface area contributed by atoms with Crippen LogP contribution in [-0.4, -0.2) is 26.3 Å². The molecular formula is C22H36O3. The Morgan fingerprint density at radius 2 is 1.64 bits per heavy atom. The second-order valence-corrected chi connectivity index (χ2v) is 6.63. The van der Waals surface area contributed by atoms with E-state index in [0.29, 0.717) is 13.2 Å². The zero-order valence-electron chi connectivity index (χ0n) is 16.7. The van der Waals surface area contributed by atoms with Crippen molar-refractivity contribution in [2.24, 2.45) is 0 Å². The minimum atomic E-state index is -0.176. The number of methoxy groups -OCH3 is 1. The van der Waals surface area contributed by atoms with Crippen molar-refractivity contribution in [1.29, 1.82) is 0 Å². The highest BCUT2D eigenvalue weighted by atomic mass is 16.5. The molecule has 0 unspecified atom stereocenters. The van der Waals surface area contributed by atoms with Gasteiger partial charge in [0.2, 0.25) is 0 Å². The van der Waals surface area contributed by atoms with E-state index in [0.717, 1.165) is 43.2 Å². The molecule has 0 saturated heterocycles. The van der Waals surface area contributed by atoms with Gasteiger partial charge in [0.1, 0.15) is 0 Å². The van der Waals surface area contributed by atoms with E-state index < -0.39 is 0 Å². The van der Waals surface area contributed by atoms with Gasteiger partial charge in [-0.2, -0.15) is 0 Å². The maximum Gasteiger partial charge on any atom is 0.338 e. The van der Waals surface area contributed by atoms with Gasteiger partial charge in [0.25, 0.3) is 0 Å². The molecule has 3 heteroatoms. The average molecular weight is 349 g/mol. The molecule has 0 amide bonds. The van der Waals surface area contributed by atoms with Gasteiger partial charge in [-0.15, -0.1) is 0 Å². The molecule has 0 spiro atoms. The molecule has 0 aromatic heterocycles. The first-order valence-corrected chi connectivity index (χ1v) is 9.98. The summed E-state index contributed by atoms with van der Waals surface area (Å²) in [7, 11) is 1.70. The van der Waals surface area contributed by atoms with Gasteiger partial charge in [-0.3, -0.25) is 0 Å². The number of carbonyl (C=O) groups is 1. The van der Waals surface area contributed by atoms with Gasteiger partial charge in [-0.05, 0) is 48.4 Å². The summed E-state index contributed by atoms with van der Waals surface area (Å²) in [6.45, 7) is 7.62. The fraction of sp³-hybridized carbons (Fsp3) is 0.682. The van der Waals surface area contributed by atoms with Crippen LogP contribution in [0.3, 0.4) is 0 Å². The minimum Gasteiger partial charge on any atom is -0.462 e. The molecule has 0 heterocycles. The third kappa shape index (κ3) is 7.60. The van der Waals surface area contributed by atoms with E-state index in [1.165, 1.54) is 36.8 Å². The molecule has 0 aliphatic rings. The quantitative estimate of drug-likeness (QED) is 0.348. The third-order valence-corrected chi connectivity index (χ3v) is 4.70. The molecule has 0 fully saturated rings. The van der Waals surface area contributed by atoms with E-state index in [2.05, 4.69) is 26.8 Å². The lowest BCUT2D eigenvalue weighted by molar-refractivity contribution is 0.0495. The van der Waals surface area contributed by atoms with Crippen LogP contribution in [0.5, 0.6) is 0 Å². The minimum absolute atomic E-state index is 0.176. The summed E-state index contributed by atoms with van der Waals surface area (Å²) in [6, 6.07) is 4.23. The van der Waals surface area contributed by atoms with E-state index in [1.54, 1.807) is 7.11 Å². The molecule has 1 rings (SSSR count). The fourth-order valence-electron chi connectivity index (χ4n) is 3.12. The summed E-state index contributed by atoms with van der Waals surface area (Å²) in [6.07, 6.45) is 9.76. The predicted molar refractivity (Wildman–Crippen MR) is 104 cm³/mol. The number of ether oxygens (including phenoxy) is 2. The summed E-state index contributed by atoms with van der Waals surface area (Å²) in [5.41, 5.74) is 4.26. The second kappa shape index (κ2) is 12.9. The highest BCUT2D eigenvalue weighted by Gasteiger charge is 2.17. The van der Waals surface area contributed by atoms with E-state index >= 15 is 0 Å². The molecule has 1 aromatic carbocycles. The first-order chi connectivity index (χ1) is 12.2. The Balaban J connectivity index is 2.71. The lowest BCUT2D eigenvalue weighted by atomic mass is 9.93. The van der Waals surface area contributed by atoms with Crippen molar-refractivity contribution in [2.45, 2.75) is 78.6 Å². The summed E-state index contributed by atoms with van der Waals surface area (Å²) < 4.78 is 10.8. The van der Waals surface area contributed by atoms with E-state index in [9.17, 15) is 4.79 Å². The van der Waals surface area contributed by atoms with E-state index in [1.807, 2.05) is 6.07 Å². The molecule has 0 saturated carbocycles. The number of carbonyl (C=O) groups excluding carboxylic acids is 1. The van der Waals surface area contributed by atoms with Gasteiger partial charge in [0.05, 0.1) is 18.8 Å². The van der Waals surface area contributed by atoms with Crippen LogP contribution in [-0.2, 0) is 28.7 Å². The molecule has 3 nitrogen and oxygen atoms in total. The Hall–Kier alpha value is -1.35. The van der Waals surface area contributed by atoms with Crippen molar-refractivity contribution in [1.82, 2.24) is 0 Å². The average Bonchev–Trinajstić information content (AvgIpc) is 2.64. The van der Waals surface area contributed by atoms with Gasteiger partial charge in [-0.1, -0.05) is 58.9 Å². The van der Waals surface area contributed by atoms with E-state index in [4.69, 9.17) is 9.47 Å². The first-order valence-electron chi connectivity index (χ1n) is 9.98. The number of hydrogen-bond donors (Lipinski definition) is 0. The Labute approximate surface area is 154 Å². The van der Waals surface area contributed by atoms with E-state index in [-0.39, 0.29) is 5.97 Å². The van der Waals surface area contributed by atoms with Gasteiger partial charge in [0, 0.05) is 7.11 Å². The highest BCUT2D eigenvalue weighted by Crippen LogP contribution is 2.21. The molecular weight excluding hydrogens is 312 g/mol. The summed E-state index contributed by atoms with van der Waals surface area (Å²) in [4.78, 5) is 12.6. The van der Waals surface area contributed by atoms with Gasteiger partial charge < -0.3 is 9.47 Å². The van der Waals surface area contributed by atoms with Gasteiger partial charge in [-0.25, -0.2) is 4.79 Å². The maximum absolute atomic E-state index is 12.6. The zero-order valence-corrected chi connectivity index (χ0v) is 16.7. The lowest BCUT2D eigenvalue weighted by Crippen LogP contribution is -2.13. The van der Waals surface area contributed by atoms with Crippen molar-refractivity contribution >= 4 is 5.97 Å². The van der Waals surface area contributed by atoms with Crippen LogP contribution in [0.1, 0.15) is 86.3 Å². The molecule has 0 radical (unpaired) electrons. The summed E-state index contributed by atoms with van der Waals surface area (Å²) >= 11 is 0. The van der Waals surface area contributed by atoms with Crippen molar-refractivity contribution < 1.29 is 14.3 Å². The third-order valence-electron chi connectivity index (χ3n) is 4.70. The lowest BCUT2D eigenvalue weighted by Gasteiger charge is -2.15. The fourth-order valence-corrected chi connectivity index (χ4v) is 3.12. The summed E-state index contributed by atoms with van der Waals surface area (Å²) in [5, 5.41) is 0. The number of aryl methyl sites for hydroxylation is 2. The number of esters is 1. The van der Waals surface area contributed by atoms with Crippen molar-refractivity contribution in [3.8, 4) is 0 Å². The van der Waals surface area contributed by atoms with Gasteiger partial charge in [0.15, 0.2) is 0 Å². The topological polar surface area (TPSA) is 35.5 Å². The van der Waals surface area contributed by atoms with Crippen molar-refractivity contribution in [2.75, 3.05) is 20.3 Å².